The van der Waals surface area contributed by atoms with Crippen LogP contribution in [0.2, 0.25) is 0 Å². The Morgan fingerprint density at radius 3 is 2.08 bits per heavy atom. The van der Waals surface area contributed by atoms with Crippen molar-refractivity contribution in [2.75, 3.05) is 13.1 Å². The number of halogens is 3. The number of hydrogen-bond acceptors (Lipinski definition) is 2. The molecule has 0 aliphatic rings. The fourth-order valence-corrected chi connectivity index (χ4v) is 2.45. The Morgan fingerprint density at radius 2 is 1.60 bits per heavy atom. The Balaban J connectivity index is 2.36. The molecule has 1 aromatic rings. The summed E-state index contributed by atoms with van der Waals surface area (Å²) in [5.74, 6) is 0.206. The lowest BCUT2D eigenvalue weighted by molar-refractivity contribution is -0.137. The van der Waals surface area contributed by atoms with Crippen LogP contribution in [0.4, 0.5) is 13.2 Å². The van der Waals surface area contributed by atoms with Gasteiger partial charge in [0, 0.05) is 25.1 Å². The smallest absolute Gasteiger partial charge is 0.354 e. The zero-order valence-corrected chi connectivity index (χ0v) is 14.7. The minimum absolute atomic E-state index is 0.0654. The second kappa shape index (κ2) is 9.44. The van der Waals surface area contributed by atoms with E-state index in [9.17, 15) is 22.8 Å². The van der Waals surface area contributed by atoms with Gasteiger partial charge in [0.25, 0.3) is 5.91 Å². The van der Waals surface area contributed by atoms with Crippen molar-refractivity contribution in [2.45, 2.75) is 39.8 Å². The van der Waals surface area contributed by atoms with Crippen LogP contribution in [0.1, 0.15) is 49.5 Å². The second-order valence-electron chi connectivity index (χ2n) is 6.30. The fraction of sp³-hybridized carbons (Fsp3) is 0.556. The first-order valence-electron chi connectivity index (χ1n) is 8.37. The molecule has 0 aliphatic heterocycles. The highest BCUT2D eigenvalue weighted by Crippen LogP contribution is 2.29. The normalized spacial score (nSPS) is 12.8. The highest BCUT2D eigenvalue weighted by molar-refractivity contribution is 5.94. The van der Waals surface area contributed by atoms with Crippen molar-refractivity contribution in [1.82, 2.24) is 10.6 Å². The van der Waals surface area contributed by atoms with Gasteiger partial charge >= 0.3 is 6.18 Å². The van der Waals surface area contributed by atoms with Gasteiger partial charge in [0.2, 0.25) is 5.91 Å². The van der Waals surface area contributed by atoms with Crippen molar-refractivity contribution in [3.8, 4) is 0 Å². The van der Waals surface area contributed by atoms with Crippen molar-refractivity contribution in [3.63, 3.8) is 0 Å². The molecule has 1 aromatic carbocycles. The number of hydrogen-bond donors (Lipinski definition) is 2. The van der Waals surface area contributed by atoms with Gasteiger partial charge in [-0.2, -0.15) is 13.2 Å². The summed E-state index contributed by atoms with van der Waals surface area (Å²) in [6, 6.07) is 4.00. The zero-order valence-electron chi connectivity index (χ0n) is 14.7. The Kier molecular flexibility index (Phi) is 7.93. The summed E-state index contributed by atoms with van der Waals surface area (Å²) in [5.41, 5.74) is -0.655. The van der Waals surface area contributed by atoms with Crippen molar-refractivity contribution in [2.24, 2.45) is 11.8 Å². The first-order chi connectivity index (χ1) is 11.6. The molecule has 0 saturated heterocycles. The molecule has 0 radical (unpaired) electrons. The SMILES string of the molecule is CCC(CC(=O)NCCNC(=O)c1ccc(C(F)(F)F)cc1)C(C)C. The number of rotatable bonds is 8. The summed E-state index contributed by atoms with van der Waals surface area (Å²) in [6.45, 7) is 6.68. The molecule has 25 heavy (non-hydrogen) atoms. The van der Waals surface area contributed by atoms with E-state index in [0.717, 1.165) is 30.7 Å². The molecule has 0 aromatic heterocycles. The van der Waals surface area contributed by atoms with E-state index < -0.39 is 17.6 Å². The molecule has 0 aliphatic carbocycles. The van der Waals surface area contributed by atoms with E-state index in [-0.39, 0.29) is 24.6 Å². The molecule has 4 nitrogen and oxygen atoms in total. The van der Waals surface area contributed by atoms with Gasteiger partial charge in [-0.15, -0.1) is 0 Å². The summed E-state index contributed by atoms with van der Waals surface area (Å²) in [7, 11) is 0. The lowest BCUT2D eigenvalue weighted by Crippen LogP contribution is -2.35. The van der Waals surface area contributed by atoms with Gasteiger partial charge in [0.15, 0.2) is 0 Å². The maximum atomic E-state index is 12.5. The van der Waals surface area contributed by atoms with E-state index in [4.69, 9.17) is 0 Å². The van der Waals surface area contributed by atoms with Crippen LogP contribution in [0.3, 0.4) is 0 Å². The van der Waals surface area contributed by atoms with Crippen molar-refractivity contribution >= 4 is 11.8 Å². The van der Waals surface area contributed by atoms with Gasteiger partial charge in [0.05, 0.1) is 5.56 Å². The third kappa shape index (κ3) is 7.15. The monoisotopic (exact) mass is 358 g/mol. The van der Waals surface area contributed by atoms with E-state index in [1.54, 1.807) is 0 Å². The maximum absolute atomic E-state index is 12.5. The van der Waals surface area contributed by atoms with E-state index >= 15 is 0 Å². The highest BCUT2D eigenvalue weighted by atomic mass is 19.4. The summed E-state index contributed by atoms with van der Waals surface area (Å²) >= 11 is 0. The van der Waals surface area contributed by atoms with Gasteiger partial charge < -0.3 is 10.6 Å². The average Bonchev–Trinajstić information content (AvgIpc) is 2.55. The Bertz CT molecular complexity index is 569. The lowest BCUT2D eigenvalue weighted by Gasteiger charge is -2.18. The van der Waals surface area contributed by atoms with Gasteiger partial charge in [0.1, 0.15) is 0 Å². The van der Waals surface area contributed by atoms with Crippen LogP contribution < -0.4 is 10.6 Å². The molecule has 0 fully saturated rings. The molecular weight excluding hydrogens is 333 g/mol. The third-order valence-electron chi connectivity index (χ3n) is 4.12. The summed E-state index contributed by atoms with van der Waals surface area (Å²) in [4.78, 5) is 23.7. The molecule has 0 saturated carbocycles. The average molecular weight is 358 g/mol. The molecule has 0 heterocycles. The van der Waals surface area contributed by atoms with Crippen LogP contribution in [0, 0.1) is 11.8 Å². The minimum Gasteiger partial charge on any atom is -0.354 e. The van der Waals surface area contributed by atoms with Gasteiger partial charge in [-0.1, -0.05) is 27.2 Å². The van der Waals surface area contributed by atoms with Crippen LogP contribution in [-0.2, 0) is 11.0 Å². The van der Waals surface area contributed by atoms with Crippen LogP contribution in [0.5, 0.6) is 0 Å². The third-order valence-corrected chi connectivity index (χ3v) is 4.12. The molecule has 1 atom stereocenters. The quantitative estimate of drug-likeness (QED) is 0.697. The number of carbonyl (C=O) groups is 2. The van der Waals surface area contributed by atoms with Crippen LogP contribution in [-0.4, -0.2) is 24.9 Å². The summed E-state index contributed by atoms with van der Waals surface area (Å²) < 4.78 is 37.4. The standard InChI is InChI=1S/C18H25F3N2O2/c1-4-13(12(2)3)11-16(24)22-9-10-23-17(25)14-5-7-15(8-6-14)18(19,20)21/h5-8,12-13H,4,9-11H2,1-3H3,(H,22,24)(H,23,25). The number of benzene rings is 1. The number of nitrogens with one attached hydrogen (secondary N) is 2. The first-order valence-corrected chi connectivity index (χ1v) is 8.37. The topological polar surface area (TPSA) is 58.2 Å². The van der Waals surface area contributed by atoms with Gasteiger partial charge in [-0.3, -0.25) is 9.59 Å². The molecule has 2 amide bonds. The van der Waals surface area contributed by atoms with Crippen LogP contribution >= 0.6 is 0 Å². The number of alkyl halides is 3. The molecular formula is C18H25F3N2O2. The Morgan fingerprint density at radius 1 is 1.04 bits per heavy atom. The van der Waals surface area contributed by atoms with Gasteiger partial charge in [-0.25, -0.2) is 0 Å². The summed E-state index contributed by atoms with van der Waals surface area (Å²) in [5, 5.41) is 5.30. The molecule has 1 unspecified atom stereocenters. The van der Waals surface area contributed by atoms with E-state index in [0.29, 0.717) is 18.3 Å². The van der Waals surface area contributed by atoms with Crippen molar-refractivity contribution in [1.29, 1.82) is 0 Å². The first kappa shape index (κ1) is 21.0. The van der Waals surface area contributed by atoms with Crippen LogP contribution in [0.25, 0.3) is 0 Å². The lowest BCUT2D eigenvalue weighted by atomic mass is 9.90. The Labute approximate surface area is 146 Å². The fourth-order valence-electron chi connectivity index (χ4n) is 2.45. The van der Waals surface area contributed by atoms with Crippen LogP contribution in [0.15, 0.2) is 24.3 Å². The molecule has 7 heteroatoms. The van der Waals surface area contributed by atoms with Gasteiger partial charge in [-0.05, 0) is 36.1 Å². The maximum Gasteiger partial charge on any atom is 0.416 e. The molecule has 1 rings (SSSR count). The second-order valence-corrected chi connectivity index (χ2v) is 6.30. The molecule has 140 valence electrons. The van der Waals surface area contributed by atoms with E-state index in [1.807, 2.05) is 6.92 Å². The number of amides is 2. The Hall–Kier alpha value is -2.05. The molecule has 0 bridgehead atoms. The predicted octanol–water partition coefficient (Wildman–Crippen LogP) is 3.62. The predicted molar refractivity (Wildman–Crippen MR) is 90.0 cm³/mol. The minimum atomic E-state index is -4.42. The number of carbonyl (C=O) groups excluding carboxylic acids is 2. The van der Waals surface area contributed by atoms with Crippen molar-refractivity contribution < 1.29 is 22.8 Å². The van der Waals surface area contributed by atoms with Crippen molar-refractivity contribution in [3.05, 3.63) is 35.4 Å². The molecule has 0 spiro atoms. The summed E-state index contributed by atoms with van der Waals surface area (Å²) in [6.07, 6.45) is -3.05. The molecule has 2 N–H and O–H groups in total. The van der Waals surface area contributed by atoms with E-state index in [2.05, 4.69) is 24.5 Å². The van der Waals surface area contributed by atoms with E-state index in [1.165, 1.54) is 0 Å². The highest BCUT2D eigenvalue weighted by Gasteiger charge is 2.30. The largest absolute Gasteiger partial charge is 0.416 e. The zero-order chi connectivity index (χ0) is 19.0.